The van der Waals surface area contributed by atoms with Gasteiger partial charge in [0.2, 0.25) is 0 Å². The van der Waals surface area contributed by atoms with Crippen molar-refractivity contribution in [1.29, 1.82) is 0 Å². The lowest BCUT2D eigenvalue weighted by atomic mass is 9.90. The summed E-state index contributed by atoms with van der Waals surface area (Å²) in [5.74, 6) is -0.298. The van der Waals surface area contributed by atoms with Crippen LogP contribution < -0.4 is 0 Å². The molecule has 0 saturated carbocycles. The van der Waals surface area contributed by atoms with E-state index in [0.717, 1.165) is 42.7 Å². The first kappa shape index (κ1) is 21.2. The molecule has 1 aromatic heterocycles. The molecule has 0 spiro atoms. The number of rotatable bonds is 5. The van der Waals surface area contributed by atoms with E-state index in [1.54, 1.807) is 13.0 Å². The Balaban J connectivity index is 1.96. The van der Waals surface area contributed by atoms with Crippen molar-refractivity contribution < 1.29 is 25.9 Å². The summed E-state index contributed by atoms with van der Waals surface area (Å²) >= 11 is 0. The third-order valence-corrected chi connectivity index (χ3v) is 9.21. The first-order valence-electron chi connectivity index (χ1n) is 10.5. The molecule has 3 aromatic carbocycles. The van der Waals surface area contributed by atoms with Crippen LogP contribution in [0.2, 0.25) is 0 Å². The van der Waals surface area contributed by atoms with E-state index in [-0.39, 0.29) is 17.8 Å². The maximum atomic E-state index is 13.2. The fraction of sp³-hybridized carbons (Fsp3) is 0.125. The molecule has 4 aliphatic rings. The topological polar surface area (TPSA) is 137 Å². The Kier molecular flexibility index (Phi) is 4.14. The van der Waals surface area contributed by atoms with Gasteiger partial charge in [-0.25, -0.2) is 4.98 Å². The molecule has 0 saturated heterocycles. The van der Waals surface area contributed by atoms with Gasteiger partial charge in [0.15, 0.2) is 9.77 Å². The van der Waals surface area contributed by atoms with E-state index in [1.165, 1.54) is 0 Å². The number of aromatic nitrogens is 2. The fourth-order valence-electron chi connectivity index (χ4n) is 5.31. The molecule has 8 nitrogen and oxygen atoms in total. The second-order valence-electron chi connectivity index (χ2n) is 8.48. The Morgan fingerprint density at radius 2 is 1.35 bits per heavy atom. The standard InChI is InChI=1S/C24H18N2O6S2/c1-2-24(34(30,31)32,23-25-12-19(26-23)33(27,28)29)18-11-17-13-3-5-16(6-4-13)22-20(17)14-7-9-15(10-8-14)21(18)22/h3-12H,2H2,1H3,(H,25,26)(H,27,28,29)(H,30,31,32). The monoisotopic (exact) mass is 494 g/mol. The van der Waals surface area contributed by atoms with Crippen molar-refractivity contribution in [2.45, 2.75) is 23.1 Å². The average Bonchev–Trinajstić information content (AvgIpc) is 3.14. The fourth-order valence-corrected chi connectivity index (χ4v) is 6.87. The largest absolute Gasteiger partial charge is 0.329 e. The second-order valence-corrected chi connectivity index (χ2v) is 11.5. The number of nitrogens with one attached hydrogen (secondary N) is 1. The molecule has 3 N–H and O–H groups in total. The first-order chi connectivity index (χ1) is 16.1. The van der Waals surface area contributed by atoms with Gasteiger partial charge in [-0.2, -0.15) is 16.8 Å². The Labute approximate surface area is 193 Å². The number of imidazole rings is 1. The zero-order valence-corrected chi connectivity index (χ0v) is 19.4. The number of hydrogen-bond donors (Lipinski definition) is 3. The van der Waals surface area contributed by atoms with Crippen molar-refractivity contribution >= 4 is 20.2 Å². The SMILES string of the molecule is CCC(c1ncc(S(=O)(=O)O)[nH]1)(c1cc2c3c(c1=c1ccc=3cc1)=c1ccc=2cc1)S(=O)(=O)O. The molecule has 1 unspecified atom stereocenters. The Morgan fingerprint density at radius 1 is 0.824 bits per heavy atom. The number of nitrogens with zero attached hydrogens (tertiary/aromatic N) is 1. The number of benzene rings is 3. The molecule has 1 atom stereocenters. The summed E-state index contributed by atoms with van der Waals surface area (Å²) in [5, 5.41) is 6.09. The zero-order chi connectivity index (χ0) is 24.0. The quantitative estimate of drug-likeness (QED) is 0.313. The van der Waals surface area contributed by atoms with E-state index in [2.05, 4.69) is 9.97 Å². The van der Waals surface area contributed by atoms with E-state index < -0.39 is 30.0 Å². The minimum absolute atomic E-state index is 0.154. The molecule has 34 heavy (non-hydrogen) atoms. The Morgan fingerprint density at radius 3 is 1.85 bits per heavy atom. The molecule has 1 heterocycles. The van der Waals surface area contributed by atoms with Crippen LogP contribution >= 0.6 is 0 Å². The molecule has 8 bridgehead atoms. The highest BCUT2D eigenvalue weighted by Crippen LogP contribution is 2.41. The van der Waals surface area contributed by atoms with Crippen molar-refractivity contribution in [3.8, 4) is 0 Å². The lowest BCUT2D eigenvalue weighted by Gasteiger charge is -2.29. The lowest BCUT2D eigenvalue weighted by Crippen LogP contribution is -2.38. The van der Waals surface area contributed by atoms with Gasteiger partial charge in [0.1, 0.15) is 5.82 Å². The highest BCUT2D eigenvalue weighted by atomic mass is 32.2. The van der Waals surface area contributed by atoms with Gasteiger partial charge in [-0.1, -0.05) is 55.5 Å². The number of hydrogen-bond acceptors (Lipinski definition) is 5. The molecule has 0 fully saturated rings. The van der Waals surface area contributed by atoms with Gasteiger partial charge in [-0.05, 0) is 59.8 Å². The molecular formula is C24H18N2O6S2. The van der Waals surface area contributed by atoms with Crippen LogP contribution in [0.3, 0.4) is 0 Å². The summed E-state index contributed by atoms with van der Waals surface area (Å²) in [4.78, 5) is 6.46. The molecular weight excluding hydrogens is 476 g/mol. The van der Waals surface area contributed by atoms with Crippen LogP contribution in [0.15, 0.2) is 65.8 Å². The highest BCUT2D eigenvalue weighted by Gasteiger charge is 2.49. The summed E-state index contributed by atoms with van der Waals surface area (Å²) in [6.07, 6.45) is 0.690. The number of aromatic amines is 1. The van der Waals surface area contributed by atoms with Gasteiger partial charge in [0.05, 0.1) is 6.20 Å². The third kappa shape index (κ3) is 2.62. The Hall–Kier alpha value is -3.31. The van der Waals surface area contributed by atoms with Crippen LogP contribution in [-0.2, 0) is 25.0 Å². The molecule has 10 heteroatoms. The molecule has 0 radical (unpaired) electrons. The molecule has 172 valence electrons. The summed E-state index contributed by atoms with van der Waals surface area (Å²) in [6, 6.07) is 17.4. The van der Waals surface area contributed by atoms with Crippen LogP contribution in [0.5, 0.6) is 0 Å². The van der Waals surface area contributed by atoms with Crippen molar-refractivity contribution in [3.63, 3.8) is 0 Å². The van der Waals surface area contributed by atoms with E-state index in [1.807, 2.05) is 48.5 Å². The van der Waals surface area contributed by atoms with Gasteiger partial charge in [-0.3, -0.25) is 9.11 Å². The van der Waals surface area contributed by atoms with Crippen LogP contribution in [0.25, 0.3) is 0 Å². The Bertz CT molecular complexity index is 2130. The van der Waals surface area contributed by atoms with E-state index >= 15 is 0 Å². The normalized spacial score (nSPS) is 15.1. The summed E-state index contributed by atoms with van der Waals surface area (Å²) < 4.78 is 67.8. The first-order valence-corrected chi connectivity index (χ1v) is 13.4. The van der Waals surface area contributed by atoms with Gasteiger partial charge in [0, 0.05) is 0 Å². The van der Waals surface area contributed by atoms with Gasteiger partial charge in [-0.15, -0.1) is 0 Å². The van der Waals surface area contributed by atoms with Crippen LogP contribution in [0.1, 0.15) is 24.7 Å². The second kappa shape index (κ2) is 6.63. The third-order valence-electron chi connectivity index (χ3n) is 6.86. The number of H-pyrrole nitrogens is 1. The maximum Gasteiger partial charge on any atom is 0.311 e. The molecule has 4 aromatic rings. The van der Waals surface area contributed by atoms with Crippen molar-refractivity contribution in [2.24, 2.45) is 0 Å². The molecule has 0 aliphatic heterocycles. The van der Waals surface area contributed by atoms with Crippen molar-refractivity contribution in [3.05, 3.63) is 114 Å². The van der Waals surface area contributed by atoms with Crippen molar-refractivity contribution in [2.75, 3.05) is 0 Å². The van der Waals surface area contributed by atoms with E-state index in [4.69, 9.17) is 0 Å². The predicted octanol–water partition coefficient (Wildman–Crippen LogP) is 2.97. The van der Waals surface area contributed by atoms with Gasteiger partial charge >= 0.3 is 10.1 Å². The van der Waals surface area contributed by atoms with Crippen LogP contribution in [0.4, 0.5) is 0 Å². The minimum atomic E-state index is -4.91. The minimum Gasteiger partial charge on any atom is -0.329 e. The van der Waals surface area contributed by atoms with E-state index in [0.29, 0.717) is 5.22 Å². The maximum absolute atomic E-state index is 13.2. The molecule has 8 rings (SSSR count). The van der Waals surface area contributed by atoms with Gasteiger partial charge in [0.25, 0.3) is 10.1 Å². The van der Waals surface area contributed by atoms with Crippen LogP contribution in [0, 0.1) is 41.7 Å². The number of fused-ring (bicyclic) bond motifs is 4. The zero-order valence-electron chi connectivity index (χ0n) is 17.8. The van der Waals surface area contributed by atoms with E-state index in [9.17, 15) is 25.9 Å². The molecule has 0 amide bonds. The van der Waals surface area contributed by atoms with Crippen LogP contribution in [-0.4, -0.2) is 35.9 Å². The smallest absolute Gasteiger partial charge is 0.311 e. The average molecular weight is 495 g/mol. The summed E-state index contributed by atoms with van der Waals surface area (Å²) in [6.45, 7) is 1.58. The van der Waals surface area contributed by atoms with Gasteiger partial charge < -0.3 is 4.98 Å². The summed E-state index contributed by atoms with van der Waals surface area (Å²) in [7, 11) is -9.59. The molecule has 4 aliphatic carbocycles. The predicted molar refractivity (Wildman–Crippen MR) is 121 cm³/mol. The van der Waals surface area contributed by atoms with Crippen molar-refractivity contribution in [1.82, 2.24) is 9.97 Å². The lowest BCUT2D eigenvalue weighted by molar-refractivity contribution is 0.433. The summed E-state index contributed by atoms with van der Waals surface area (Å²) in [5.41, 5.74) is 0.275. The highest BCUT2D eigenvalue weighted by molar-refractivity contribution is 7.87.